The Hall–Kier alpha value is -2.98. The van der Waals surface area contributed by atoms with Gasteiger partial charge in [0.25, 0.3) is 5.91 Å². The van der Waals surface area contributed by atoms with Crippen LogP contribution in [0.1, 0.15) is 70.1 Å². The Balaban J connectivity index is 1.92. The van der Waals surface area contributed by atoms with E-state index in [1.54, 1.807) is 16.7 Å². The summed E-state index contributed by atoms with van der Waals surface area (Å²) in [5.74, 6) is 0.0206. The van der Waals surface area contributed by atoms with Gasteiger partial charge in [-0.2, -0.15) is 0 Å². The lowest BCUT2D eigenvalue weighted by Gasteiger charge is -2.42. The molecule has 2 N–H and O–H groups in total. The highest BCUT2D eigenvalue weighted by Crippen LogP contribution is 2.24. The first-order valence-electron chi connectivity index (χ1n) is 13.5. The second kappa shape index (κ2) is 13.2. The monoisotopic (exact) mass is 528 g/mol. The summed E-state index contributed by atoms with van der Waals surface area (Å²) in [4.78, 5) is 30.5. The molecule has 0 radical (unpaired) electrons. The average molecular weight is 529 g/mol. The maximum atomic E-state index is 14.2. The van der Waals surface area contributed by atoms with E-state index in [1.807, 2.05) is 56.0 Å². The van der Waals surface area contributed by atoms with E-state index in [4.69, 9.17) is 15.2 Å². The van der Waals surface area contributed by atoms with Gasteiger partial charge < -0.3 is 25.0 Å². The van der Waals surface area contributed by atoms with Gasteiger partial charge in [-0.3, -0.25) is 4.79 Å². The van der Waals surface area contributed by atoms with E-state index in [0.29, 0.717) is 44.8 Å². The summed E-state index contributed by atoms with van der Waals surface area (Å²) in [6, 6.07) is 9.19. The summed E-state index contributed by atoms with van der Waals surface area (Å²) in [6.07, 6.45) is 2.51. The first-order chi connectivity index (χ1) is 18.0. The van der Waals surface area contributed by atoms with Crippen LogP contribution in [0.25, 0.3) is 5.69 Å². The van der Waals surface area contributed by atoms with Crippen LogP contribution < -0.4 is 5.73 Å². The van der Waals surface area contributed by atoms with Crippen molar-refractivity contribution in [1.29, 1.82) is 0 Å². The molecule has 2 aromatic rings. The van der Waals surface area contributed by atoms with Crippen molar-refractivity contribution >= 4 is 12.0 Å². The zero-order valence-electron chi connectivity index (χ0n) is 23.7. The minimum atomic E-state index is -0.616. The van der Waals surface area contributed by atoms with Gasteiger partial charge in [-0.05, 0) is 64.5 Å². The van der Waals surface area contributed by atoms with Gasteiger partial charge in [0.05, 0.1) is 17.4 Å². The number of nitrogens with two attached hydrogens (primary N) is 1. The summed E-state index contributed by atoms with van der Waals surface area (Å²) in [7, 11) is 1.68. The van der Waals surface area contributed by atoms with Crippen LogP contribution >= 0.6 is 0 Å². The summed E-state index contributed by atoms with van der Waals surface area (Å²) >= 11 is 0. The number of likely N-dealkylation sites (tertiary alicyclic amines) is 1. The molecule has 1 aliphatic rings. The predicted molar refractivity (Wildman–Crippen MR) is 146 cm³/mol. The molecular weight excluding hydrogens is 484 g/mol. The van der Waals surface area contributed by atoms with Crippen LogP contribution in [0.5, 0.6) is 0 Å². The van der Waals surface area contributed by atoms with E-state index < -0.39 is 11.7 Å². The van der Waals surface area contributed by atoms with E-state index in [9.17, 15) is 9.59 Å². The fraction of sp³-hybridized carbons (Fsp3) is 0.643. The van der Waals surface area contributed by atoms with Crippen molar-refractivity contribution in [2.75, 3.05) is 33.4 Å². The number of carbonyl (C=O) groups excluding carboxylic acids is 2. The normalized spacial score (nSPS) is 18.1. The Morgan fingerprint density at radius 1 is 1.16 bits per heavy atom. The topological polar surface area (TPSA) is 116 Å². The number of para-hydroxylation sites is 1. The van der Waals surface area contributed by atoms with E-state index in [-0.39, 0.29) is 23.9 Å². The molecule has 0 bridgehead atoms. The molecular formula is C28H44N6O4. The maximum absolute atomic E-state index is 14.2. The third kappa shape index (κ3) is 8.01. The number of nitrogens with zero attached hydrogens (tertiary/aromatic N) is 5. The number of piperidine rings is 1. The number of rotatable bonds is 10. The molecule has 38 heavy (non-hydrogen) atoms. The SMILES string of the molecule is COCCCCc1c(C(=O)N(CC(C)C)[C@H]2C[C@@H](N)CN(C(=O)OC(C)(C)C)C2)nnn1-c1ccccc1. The third-order valence-electron chi connectivity index (χ3n) is 6.35. The van der Waals surface area contributed by atoms with Gasteiger partial charge in [-0.25, -0.2) is 9.48 Å². The number of ether oxygens (including phenoxy) is 2. The molecule has 2 amide bonds. The van der Waals surface area contributed by atoms with Crippen LogP contribution in [0, 0.1) is 5.92 Å². The maximum Gasteiger partial charge on any atom is 0.410 e. The van der Waals surface area contributed by atoms with E-state index in [0.717, 1.165) is 24.2 Å². The van der Waals surface area contributed by atoms with Crippen molar-refractivity contribution in [3.63, 3.8) is 0 Å². The van der Waals surface area contributed by atoms with Gasteiger partial charge in [-0.15, -0.1) is 5.10 Å². The lowest BCUT2D eigenvalue weighted by Crippen LogP contribution is -2.58. The number of hydrogen-bond donors (Lipinski definition) is 1. The fourth-order valence-corrected chi connectivity index (χ4v) is 4.75. The van der Waals surface area contributed by atoms with Crippen LogP contribution in [-0.2, 0) is 15.9 Å². The smallest absolute Gasteiger partial charge is 0.410 e. The van der Waals surface area contributed by atoms with Crippen molar-refractivity contribution in [2.24, 2.45) is 11.7 Å². The highest BCUT2D eigenvalue weighted by molar-refractivity contribution is 5.93. The van der Waals surface area contributed by atoms with E-state index in [2.05, 4.69) is 24.2 Å². The molecule has 1 aromatic heterocycles. The van der Waals surface area contributed by atoms with Gasteiger partial charge in [0.1, 0.15) is 5.60 Å². The van der Waals surface area contributed by atoms with E-state index >= 15 is 0 Å². The molecule has 2 heterocycles. The number of aromatic nitrogens is 3. The minimum absolute atomic E-state index is 0.189. The molecule has 1 saturated heterocycles. The molecule has 10 nitrogen and oxygen atoms in total. The molecule has 210 valence electrons. The Morgan fingerprint density at radius 3 is 2.50 bits per heavy atom. The van der Waals surface area contributed by atoms with Gasteiger partial charge in [0.15, 0.2) is 5.69 Å². The molecule has 10 heteroatoms. The number of unbranched alkanes of at least 4 members (excludes halogenated alkanes) is 1. The second-order valence-corrected chi connectivity index (χ2v) is 11.5. The van der Waals surface area contributed by atoms with Crippen LogP contribution in [-0.4, -0.2) is 87.8 Å². The molecule has 1 aliphatic heterocycles. The molecule has 3 rings (SSSR count). The number of hydrogen-bond acceptors (Lipinski definition) is 7. The minimum Gasteiger partial charge on any atom is -0.444 e. The summed E-state index contributed by atoms with van der Waals surface area (Å²) in [6.45, 7) is 11.6. The third-order valence-corrected chi connectivity index (χ3v) is 6.35. The van der Waals surface area contributed by atoms with Crippen molar-refractivity contribution in [1.82, 2.24) is 24.8 Å². The predicted octanol–water partition coefficient (Wildman–Crippen LogP) is 3.67. The van der Waals surface area contributed by atoms with Crippen molar-refractivity contribution in [3.8, 4) is 5.69 Å². The summed E-state index contributed by atoms with van der Waals surface area (Å²) in [5.41, 5.74) is 7.75. The second-order valence-electron chi connectivity index (χ2n) is 11.5. The number of methoxy groups -OCH3 is 1. The van der Waals surface area contributed by atoms with Crippen LogP contribution in [0.4, 0.5) is 4.79 Å². The molecule has 0 spiro atoms. The van der Waals surface area contributed by atoms with E-state index in [1.165, 1.54) is 0 Å². The summed E-state index contributed by atoms with van der Waals surface area (Å²) in [5, 5.41) is 8.78. The average Bonchev–Trinajstić information content (AvgIpc) is 3.27. The number of amides is 2. The zero-order chi connectivity index (χ0) is 27.9. The Labute approximate surface area is 226 Å². The molecule has 2 atom stereocenters. The highest BCUT2D eigenvalue weighted by Gasteiger charge is 2.37. The quantitative estimate of drug-likeness (QED) is 0.468. The largest absolute Gasteiger partial charge is 0.444 e. The van der Waals surface area contributed by atoms with Crippen molar-refractivity contribution in [3.05, 3.63) is 41.7 Å². The molecule has 0 aliphatic carbocycles. The molecule has 0 unspecified atom stereocenters. The standard InChI is InChI=1S/C28H44N6O4/c1-20(2)17-33(23-16-21(29)18-32(19-23)27(36)38-28(3,4)5)26(35)25-24(14-10-11-15-37-6)34(31-30-25)22-12-8-7-9-13-22/h7-9,12-13,20-21,23H,10-11,14-19,29H2,1-6H3/t21-,23+/m1/s1. The van der Waals surface area contributed by atoms with Crippen LogP contribution in [0.15, 0.2) is 30.3 Å². The van der Waals surface area contributed by atoms with Crippen molar-refractivity contribution < 1.29 is 19.1 Å². The Kier molecular flexibility index (Phi) is 10.3. The fourth-order valence-electron chi connectivity index (χ4n) is 4.75. The lowest BCUT2D eigenvalue weighted by atomic mass is 9.98. The van der Waals surface area contributed by atoms with Crippen LogP contribution in [0.3, 0.4) is 0 Å². The zero-order valence-corrected chi connectivity index (χ0v) is 23.7. The number of benzene rings is 1. The highest BCUT2D eigenvalue weighted by atomic mass is 16.6. The summed E-state index contributed by atoms with van der Waals surface area (Å²) < 4.78 is 12.6. The number of carbonyl (C=O) groups is 2. The van der Waals surface area contributed by atoms with Crippen molar-refractivity contribution in [2.45, 2.75) is 78.0 Å². The Bertz CT molecular complexity index is 1050. The first-order valence-corrected chi connectivity index (χ1v) is 13.5. The van der Waals surface area contributed by atoms with Crippen LogP contribution in [0.2, 0.25) is 0 Å². The first kappa shape index (κ1) is 29.6. The molecule has 1 fully saturated rings. The Morgan fingerprint density at radius 2 is 1.87 bits per heavy atom. The van der Waals surface area contributed by atoms with Gasteiger partial charge in [0.2, 0.25) is 0 Å². The van der Waals surface area contributed by atoms with Gasteiger partial charge in [0, 0.05) is 39.4 Å². The lowest BCUT2D eigenvalue weighted by molar-refractivity contribution is 0.00676. The molecule has 1 aromatic carbocycles. The van der Waals surface area contributed by atoms with Gasteiger partial charge in [-0.1, -0.05) is 37.3 Å². The van der Waals surface area contributed by atoms with Gasteiger partial charge >= 0.3 is 6.09 Å². The molecule has 0 saturated carbocycles.